The van der Waals surface area contributed by atoms with Crippen LogP contribution in [-0.2, 0) is 4.74 Å². The molecule has 1 aromatic heterocycles. The van der Waals surface area contributed by atoms with Crippen LogP contribution in [0.2, 0.25) is 0 Å². The van der Waals surface area contributed by atoms with E-state index in [9.17, 15) is 9.90 Å². The molecule has 0 atom stereocenters. The number of carboxylic acids is 1. The number of carbonyl (C=O) groups excluding carboxylic acids is 1. The van der Waals surface area contributed by atoms with Gasteiger partial charge in [0.25, 0.3) is 6.01 Å². The van der Waals surface area contributed by atoms with Gasteiger partial charge in [-0.05, 0) is 18.9 Å². The molecule has 21 heavy (non-hydrogen) atoms. The molecule has 0 saturated carbocycles. The molecule has 0 unspecified atom stereocenters. The first-order chi connectivity index (χ1) is 9.69. The Balaban J connectivity index is 0.00000161. The van der Waals surface area contributed by atoms with Gasteiger partial charge in [-0.2, -0.15) is 4.98 Å². The van der Waals surface area contributed by atoms with Gasteiger partial charge in [-0.1, -0.05) is 12.1 Å². The fourth-order valence-electron chi connectivity index (χ4n) is 2.52. The molecule has 1 fully saturated rings. The third kappa shape index (κ3) is 3.08. The van der Waals surface area contributed by atoms with Crippen molar-refractivity contribution < 1.29 is 37.9 Å². The van der Waals surface area contributed by atoms with Crippen LogP contribution < -0.4 is 28.9 Å². The van der Waals surface area contributed by atoms with Crippen LogP contribution >= 0.6 is 0 Å². The van der Waals surface area contributed by atoms with Crippen LogP contribution in [0.25, 0.3) is 11.1 Å². The SMILES string of the molecule is COC1CCN(c2nc3c(C(=O)[O-])cccc3o2)CC1.[Li+]. The predicted octanol–water partition coefficient (Wildman–Crippen LogP) is -2.19. The van der Waals surface area contributed by atoms with Gasteiger partial charge in [0.05, 0.1) is 12.1 Å². The fraction of sp³-hybridized carbons (Fsp3) is 0.429. The number of carboxylic acid groups (broad SMARTS) is 1. The Morgan fingerprint density at radius 3 is 2.76 bits per heavy atom. The number of benzene rings is 1. The predicted molar refractivity (Wildman–Crippen MR) is 70.6 cm³/mol. The molecule has 2 aromatic rings. The summed E-state index contributed by atoms with van der Waals surface area (Å²) < 4.78 is 11.0. The van der Waals surface area contributed by atoms with E-state index in [1.54, 1.807) is 19.2 Å². The second-order valence-corrected chi connectivity index (χ2v) is 4.86. The second kappa shape index (κ2) is 6.52. The van der Waals surface area contributed by atoms with Crippen LogP contribution in [0.4, 0.5) is 6.01 Å². The minimum absolute atomic E-state index is 0. The largest absolute Gasteiger partial charge is 1.00 e. The standard InChI is InChI=1S/C14H16N2O4.Li/c1-19-9-5-7-16(8-6-9)14-15-12-10(13(17)18)3-2-4-11(12)20-14;/h2-4,9H,5-8H2,1H3,(H,17,18);/q;+1/p-1. The summed E-state index contributed by atoms with van der Waals surface area (Å²) in [5, 5.41) is 11.1. The van der Waals surface area contributed by atoms with Gasteiger partial charge in [0.1, 0.15) is 5.52 Å². The summed E-state index contributed by atoms with van der Waals surface area (Å²) in [7, 11) is 1.71. The Morgan fingerprint density at radius 2 is 2.14 bits per heavy atom. The summed E-state index contributed by atoms with van der Waals surface area (Å²) in [5.41, 5.74) is 0.871. The van der Waals surface area contributed by atoms with Gasteiger partial charge in [-0.3, -0.25) is 0 Å². The average molecular weight is 282 g/mol. The number of oxazole rings is 1. The maximum Gasteiger partial charge on any atom is 1.00 e. The van der Waals surface area contributed by atoms with Crippen molar-refractivity contribution in [1.82, 2.24) is 4.98 Å². The Labute approximate surface area is 134 Å². The average Bonchev–Trinajstić information content (AvgIpc) is 2.90. The van der Waals surface area contributed by atoms with Crippen molar-refractivity contribution in [2.24, 2.45) is 0 Å². The topological polar surface area (TPSA) is 78.6 Å². The molecule has 106 valence electrons. The molecule has 2 heterocycles. The first-order valence-electron chi connectivity index (χ1n) is 6.57. The molecule has 3 rings (SSSR count). The van der Waals surface area contributed by atoms with Gasteiger partial charge < -0.3 is 24.0 Å². The number of piperidine rings is 1. The van der Waals surface area contributed by atoms with Crippen LogP contribution in [0, 0.1) is 0 Å². The molecular weight excluding hydrogens is 267 g/mol. The van der Waals surface area contributed by atoms with E-state index < -0.39 is 5.97 Å². The number of rotatable bonds is 3. The third-order valence-corrected chi connectivity index (χ3v) is 3.67. The van der Waals surface area contributed by atoms with Gasteiger partial charge in [-0.15, -0.1) is 0 Å². The number of fused-ring (bicyclic) bond motifs is 1. The molecule has 0 N–H and O–H groups in total. The van der Waals surface area contributed by atoms with Crippen molar-refractivity contribution in [1.29, 1.82) is 0 Å². The summed E-state index contributed by atoms with van der Waals surface area (Å²) in [6.07, 6.45) is 2.08. The summed E-state index contributed by atoms with van der Waals surface area (Å²) in [6.45, 7) is 1.57. The van der Waals surface area contributed by atoms with E-state index >= 15 is 0 Å². The second-order valence-electron chi connectivity index (χ2n) is 4.86. The van der Waals surface area contributed by atoms with E-state index in [2.05, 4.69) is 4.98 Å². The zero-order valence-corrected chi connectivity index (χ0v) is 12.2. The molecule has 1 aromatic carbocycles. The van der Waals surface area contributed by atoms with Crippen LogP contribution in [0.15, 0.2) is 22.6 Å². The maximum absolute atomic E-state index is 11.1. The number of ether oxygens (including phenoxy) is 1. The molecule has 0 radical (unpaired) electrons. The monoisotopic (exact) mass is 282 g/mol. The first-order valence-corrected chi connectivity index (χ1v) is 6.57. The van der Waals surface area contributed by atoms with Crippen LogP contribution in [0.1, 0.15) is 23.2 Å². The summed E-state index contributed by atoms with van der Waals surface area (Å²) in [5.74, 6) is -1.24. The van der Waals surface area contributed by atoms with Crippen LogP contribution in [-0.4, -0.2) is 37.3 Å². The zero-order chi connectivity index (χ0) is 14.1. The number of hydrogen-bond donors (Lipinski definition) is 0. The number of para-hydroxylation sites is 1. The van der Waals surface area contributed by atoms with Gasteiger partial charge >= 0.3 is 18.9 Å². The first kappa shape index (κ1) is 15.9. The number of anilines is 1. The smallest absolute Gasteiger partial charge is 0.545 e. The van der Waals surface area contributed by atoms with E-state index in [4.69, 9.17) is 9.15 Å². The molecule has 1 aliphatic heterocycles. The molecule has 6 nitrogen and oxygen atoms in total. The number of carbonyl (C=O) groups is 1. The molecule has 7 heteroatoms. The normalized spacial score (nSPS) is 16.0. The maximum atomic E-state index is 11.1. The van der Waals surface area contributed by atoms with Gasteiger partial charge in [0, 0.05) is 25.8 Å². The summed E-state index contributed by atoms with van der Waals surface area (Å²) in [6, 6.07) is 5.27. The number of methoxy groups -OCH3 is 1. The zero-order valence-electron chi connectivity index (χ0n) is 12.2. The van der Waals surface area contributed by atoms with E-state index in [0.717, 1.165) is 25.9 Å². The number of hydrogen-bond acceptors (Lipinski definition) is 6. The minimum Gasteiger partial charge on any atom is -0.545 e. The third-order valence-electron chi connectivity index (χ3n) is 3.67. The number of nitrogens with zero attached hydrogens (tertiary/aromatic N) is 2. The Morgan fingerprint density at radius 1 is 1.43 bits per heavy atom. The van der Waals surface area contributed by atoms with E-state index in [1.165, 1.54) is 6.07 Å². The Bertz CT molecular complexity index is 635. The van der Waals surface area contributed by atoms with Crippen LogP contribution in [0.3, 0.4) is 0 Å². The Kier molecular flexibility index (Phi) is 4.94. The van der Waals surface area contributed by atoms with Crippen molar-refractivity contribution >= 4 is 23.1 Å². The van der Waals surface area contributed by atoms with E-state index in [1.807, 2.05) is 4.90 Å². The molecular formula is C14H15LiN2O4. The van der Waals surface area contributed by atoms with Crippen molar-refractivity contribution in [3.8, 4) is 0 Å². The quantitative estimate of drug-likeness (QED) is 0.595. The molecule has 1 saturated heterocycles. The van der Waals surface area contributed by atoms with Crippen molar-refractivity contribution in [2.45, 2.75) is 18.9 Å². The fourth-order valence-corrected chi connectivity index (χ4v) is 2.52. The molecule has 0 aliphatic carbocycles. The molecule has 0 spiro atoms. The van der Waals surface area contributed by atoms with Crippen LogP contribution in [0.5, 0.6) is 0 Å². The minimum atomic E-state index is -1.24. The molecule has 0 amide bonds. The van der Waals surface area contributed by atoms with E-state index in [-0.39, 0.29) is 30.5 Å². The van der Waals surface area contributed by atoms with Crippen molar-refractivity contribution in [3.63, 3.8) is 0 Å². The van der Waals surface area contributed by atoms with Gasteiger partial charge in [0.2, 0.25) is 0 Å². The number of aromatic carboxylic acids is 1. The van der Waals surface area contributed by atoms with Crippen molar-refractivity contribution in [3.05, 3.63) is 23.8 Å². The van der Waals surface area contributed by atoms with Gasteiger partial charge in [-0.25, -0.2) is 0 Å². The summed E-state index contributed by atoms with van der Waals surface area (Å²) in [4.78, 5) is 17.4. The van der Waals surface area contributed by atoms with E-state index in [0.29, 0.717) is 17.1 Å². The molecule has 0 bridgehead atoms. The Hall–Kier alpha value is -1.48. The number of aromatic nitrogens is 1. The van der Waals surface area contributed by atoms with Crippen molar-refractivity contribution in [2.75, 3.05) is 25.1 Å². The van der Waals surface area contributed by atoms with Gasteiger partial charge in [0.15, 0.2) is 5.58 Å². The molecule has 1 aliphatic rings. The summed E-state index contributed by atoms with van der Waals surface area (Å²) >= 11 is 0.